The minimum absolute atomic E-state index is 0.0723. The summed E-state index contributed by atoms with van der Waals surface area (Å²) >= 11 is 5.21. The van der Waals surface area contributed by atoms with E-state index in [1.54, 1.807) is 11.3 Å². The van der Waals surface area contributed by atoms with Gasteiger partial charge in [0.1, 0.15) is 6.54 Å². The molecule has 0 fully saturated rings. The smallest absolute Gasteiger partial charge is 0.279 e. The molecule has 2 aromatic rings. The average molecular weight is 424 g/mol. The molecule has 2 rings (SSSR count). The highest BCUT2D eigenvalue weighted by Crippen LogP contribution is 2.32. The summed E-state index contributed by atoms with van der Waals surface area (Å²) in [5.74, 6) is 0.827. The summed E-state index contributed by atoms with van der Waals surface area (Å²) in [6.45, 7) is 9.98. The monoisotopic (exact) mass is 423 g/mol. The van der Waals surface area contributed by atoms with Gasteiger partial charge >= 0.3 is 0 Å². The quantitative estimate of drug-likeness (QED) is 0.678. The normalized spacial score (nSPS) is 12.6. The van der Waals surface area contributed by atoms with Crippen molar-refractivity contribution in [3.05, 3.63) is 50.1 Å². The van der Waals surface area contributed by atoms with Gasteiger partial charge in [-0.25, -0.2) is 0 Å². The number of benzene rings is 1. The highest BCUT2D eigenvalue weighted by molar-refractivity contribution is 9.11. The van der Waals surface area contributed by atoms with Crippen molar-refractivity contribution in [1.29, 1.82) is 0 Å². The Morgan fingerprint density at radius 3 is 2.20 bits per heavy atom. The van der Waals surface area contributed by atoms with Crippen molar-refractivity contribution in [1.82, 2.24) is 0 Å². The van der Waals surface area contributed by atoms with Crippen LogP contribution in [0.2, 0.25) is 0 Å². The summed E-state index contributed by atoms with van der Waals surface area (Å²) in [7, 11) is 2.06. The lowest BCUT2D eigenvalue weighted by Gasteiger charge is -2.21. The zero-order valence-corrected chi connectivity index (χ0v) is 18.1. The Labute approximate surface area is 163 Å². The third kappa shape index (κ3) is 5.66. The van der Waals surface area contributed by atoms with Crippen LogP contribution in [0.3, 0.4) is 0 Å². The summed E-state index contributed by atoms with van der Waals surface area (Å²) < 4.78 is 1.13. The molecule has 1 atom stereocenters. The van der Waals surface area contributed by atoms with Crippen LogP contribution in [0, 0.1) is 0 Å². The van der Waals surface area contributed by atoms with Crippen molar-refractivity contribution in [2.45, 2.75) is 46.1 Å². The van der Waals surface area contributed by atoms with Gasteiger partial charge in [0.25, 0.3) is 5.91 Å². The van der Waals surface area contributed by atoms with Crippen LogP contribution < -0.4 is 10.2 Å². The highest BCUT2D eigenvalue weighted by atomic mass is 79.9. The molecule has 3 nitrogen and oxygen atoms in total. The Morgan fingerprint density at radius 1 is 1.12 bits per heavy atom. The van der Waals surface area contributed by atoms with Crippen LogP contribution in [0.15, 0.2) is 34.1 Å². The van der Waals surface area contributed by atoms with E-state index in [4.69, 9.17) is 0 Å². The summed E-state index contributed by atoms with van der Waals surface area (Å²) in [5, 5.41) is 3.20. The minimum atomic E-state index is 0.0723. The molecule has 1 amide bonds. The van der Waals surface area contributed by atoms with Crippen molar-refractivity contribution >= 4 is 38.9 Å². The zero-order chi connectivity index (χ0) is 18.6. The first-order chi connectivity index (χ1) is 11.8. The van der Waals surface area contributed by atoms with E-state index >= 15 is 0 Å². The fourth-order valence-corrected chi connectivity index (χ4v) is 4.56. The minimum Gasteiger partial charge on any atom is -0.325 e. The molecule has 1 aromatic heterocycles. The van der Waals surface area contributed by atoms with Crippen LogP contribution in [0.25, 0.3) is 0 Å². The molecule has 1 heterocycles. The number of amides is 1. The van der Waals surface area contributed by atoms with E-state index in [-0.39, 0.29) is 5.91 Å². The molecule has 2 N–H and O–H groups in total. The summed E-state index contributed by atoms with van der Waals surface area (Å²) in [6.07, 6.45) is 0. The molecule has 0 saturated heterocycles. The van der Waals surface area contributed by atoms with Crippen LogP contribution in [-0.2, 0) is 11.3 Å². The van der Waals surface area contributed by atoms with E-state index in [2.05, 4.69) is 86.3 Å². The van der Waals surface area contributed by atoms with Gasteiger partial charge in [-0.15, -0.1) is 11.3 Å². The van der Waals surface area contributed by atoms with Crippen molar-refractivity contribution in [2.24, 2.45) is 0 Å². The van der Waals surface area contributed by atoms with Crippen LogP contribution in [0.4, 0.5) is 5.69 Å². The number of nitrogens with one attached hydrogen (secondary N) is 2. The maximum atomic E-state index is 12.6. The SMILES string of the molecule is CC(C)c1cccc(C(C)C)c1NC(=O)C[NH+](C)Cc1ccc(Br)s1. The largest absolute Gasteiger partial charge is 0.325 e. The number of para-hydroxylation sites is 1. The second-order valence-corrected chi connectivity index (χ2v) is 9.73. The number of hydrogen-bond acceptors (Lipinski definition) is 2. The predicted molar refractivity (Wildman–Crippen MR) is 111 cm³/mol. The molecule has 0 spiro atoms. The molecule has 0 aliphatic carbocycles. The number of carbonyl (C=O) groups excluding carboxylic acids is 1. The lowest BCUT2D eigenvalue weighted by Crippen LogP contribution is -3.08. The van der Waals surface area contributed by atoms with Crippen molar-refractivity contribution < 1.29 is 9.69 Å². The molecule has 0 bridgehead atoms. The first-order valence-corrected chi connectivity index (χ1v) is 10.4. The third-order valence-electron chi connectivity index (χ3n) is 4.20. The van der Waals surface area contributed by atoms with Gasteiger partial charge in [-0.3, -0.25) is 4.79 Å². The molecule has 25 heavy (non-hydrogen) atoms. The summed E-state index contributed by atoms with van der Waals surface area (Å²) in [5.41, 5.74) is 3.42. The Balaban J connectivity index is 2.09. The van der Waals surface area contributed by atoms with Crippen molar-refractivity contribution in [3.63, 3.8) is 0 Å². The number of likely N-dealkylation sites (N-methyl/N-ethyl adjacent to an activating group) is 1. The molecule has 1 unspecified atom stereocenters. The number of quaternary nitrogens is 1. The van der Waals surface area contributed by atoms with Gasteiger partial charge < -0.3 is 10.2 Å². The molecular weight excluding hydrogens is 396 g/mol. The number of anilines is 1. The van der Waals surface area contributed by atoms with Gasteiger partial charge in [0, 0.05) is 5.69 Å². The molecule has 0 saturated carbocycles. The van der Waals surface area contributed by atoms with Crippen LogP contribution in [-0.4, -0.2) is 19.5 Å². The molecular formula is C20H28BrN2OS+. The lowest BCUT2D eigenvalue weighted by atomic mass is 9.92. The van der Waals surface area contributed by atoms with E-state index in [0.717, 1.165) is 16.0 Å². The number of thiophene rings is 1. The second-order valence-electron chi connectivity index (χ2n) is 7.19. The molecule has 5 heteroatoms. The highest BCUT2D eigenvalue weighted by Gasteiger charge is 2.18. The van der Waals surface area contributed by atoms with E-state index < -0.39 is 0 Å². The average Bonchev–Trinajstić information content (AvgIpc) is 2.91. The lowest BCUT2D eigenvalue weighted by molar-refractivity contribution is -0.884. The number of rotatable bonds is 7. The number of hydrogen-bond donors (Lipinski definition) is 2. The Bertz CT molecular complexity index is 698. The first kappa shape index (κ1) is 20.1. The van der Waals surface area contributed by atoms with Crippen LogP contribution in [0.1, 0.15) is 55.5 Å². The second kappa shape index (κ2) is 8.97. The van der Waals surface area contributed by atoms with E-state index in [1.165, 1.54) is 20.9 Å². The van der Waals surface area contributed by atoms with E-state index in [9.17, 15) is 4.79 Å². The number of halogens is 1. The van der Waals surface area contributed by atoms with Gasteiger partial charge in [-0.05, 0) is 51.0 Å². The Morgan fingerprint density at radius 2 is 1.72 bits per heavy atom. The van der Waals surface area contributed by atoms with Crippen LogP contribution >= 0.6 is 27.3 Å². The molecule has 0 aliphatic rings. The van der Waals surface area contributed by atoms with Crippen molar-refractivity contribution in [2.75, 3.05) is 18.9 Å². The fourth-order valence-electron chi connectivity index (χ4n) is 2.96. The molecule has 136 valence electrons. The zero-order valence-electron chi connectivity index (χ0n) is 15.7. The summed E-state index contributed by atoms with van der Waals surface area (Å²) in [6, 6.07) is 10.5. The predicted octanol–water partition coefficient (Wildman–Crippen LogP) is 4.41. The molecule has 1 aromatic carbocycles. The van der Waals surface area contributed by atoms with E-state index in [0.29, 0.717) is 18.4 Å². The maximum absolute atomic E-state index is 12.6. The van der Waals surface area contributed by atoms with Crippen LogP contribution in [0.5, 0.6) is 0 Å². The van der Waals surface area contributed by atoms with Gasteiger partial charge in [0.2, 0.25) is 0 Å². The van der Waals surface area contributed by atoms with Gasteiger partial charge in [-0.1, -0.05) is 45.9 Å². The topological polar surface area (TPSA) is 33.5 Å². The van der Waals surface area contributed by atoms with Gasteiger partial charge in [0.05, 0.1) is 15.7 Å². The summed E-state index contributed by atoms with van der Waals surface area (Å²) in [4.78, 5) is 15.1. The molecule has 0 radical (unpaired) electrons. The van der Waals surface area contributed by atoms with Gasteiger partial charge in [0.15, 0.2) is 6.54 Å². The standard InChI is InChI=1S/C20H27BrN2OS/c1-13(2)16-7-6-8-17(14(3)4)20(16)22-19(24)12-23(5)11-15-9-10-18(21)25-15/h6-10,13-14H,11-12H2,1-5H3,(H,22,24)/p+1. The van der Waals surface area contributed by atoms with Gasteiger partial charge in [-0.2, -0.15) is 0 Å². The third-order valence-corrected chi connectivity index (χ3v) is 5.83. The first-order valence-electron chi connectivity index (χ1n) is 8.76. The Hall–Kier alpha value is -1.17. The van der Waals surface area contributed by atoms with Crippen molar-refractivity contribution in [3.8, 4) is 0 Å². The maximum Gasteiger partial charge on any atom is 0.279 e. The fraction of sp³-hybridized carbons (Fsp3) is 0.450. The number of carbonyl (C=O) groups is 1. The molecule has 0 aliphatic heterocycles. The van der Waals surface area contributed by atoms with E-state index in [1.807, 2.05) is 0 Å². The Kier molecular flexibility index (Phi) is 7.23.